The van der Waals surface area contributed by atoms with E-state index in [1.54, 1.807) is 6.20 Å². The van der Waals surface area contributed by atoms with Gasteiger partial charge in [-0.25, -0.2) is 4.79 Å². The van der Waals surface area contributed by atoms with Crippen molar-refractivity contribution in [1.82, 2.24) is 15.1 Å². The zero-order chi connectivity index (χ0) is 18.4. The lowest BCUT2D eigenvalue weighted by atomic mass is 10.1. The number of aromatic nitrogens is 2. The minimum absolute atomic E-state index is 0.0556. The molecule has 0 aliphatic heterocycles. The molecule has 3 rings (SSSR count). The van der Waals surface area contributed by atoms with Crippen LogP contribution >= 0.6 is 0 Å². The van der Waals surface area contributed by atoms with Crippen LogP contribution in [-0.2, 0) is 13.0 Å². The number of anilines is 1. The molecule has 1 unspecified atom stereocenters. The van der Waals surface area contributed by atoms with Crippen molar-refractivity contribution in [2.24, 2.45) is 0 Å². The Balaban J connectivity index is 1.53. The second kappa shape index (κ2) is 8.34. The van der Waals surface area contributed by atoms with E-state index in [9.17, 15) is 4.79 Å². The lowest BCUT2D eigenvalue weighted by Gasteiger charge is -2.15. The third-order valence-corrected chi connectivity index (χ3v) is 4.35. The van der Waals surface area contributed by atoms with E-state index >= 15 is 0 Å². The van der Waals surface area contributed by atoms with E-state index in [0.29, 0.717) is 6.54 Å². The fourth-order valence-electron chi connectivity index (χ4n) is 2.76. The topological polar surface area (TPSA) is 59.0 Å². The van der Waals surface area contributed by atoms with Crippen LogP contribution in [0.1, 0.15) is 36.6 Å². The van der Waals surface area contributed by atoms with E-state index in [0.717, 1.165) is 23.2 Å². The van der Waals surface area contributed by atoms with Gasteiger partial charge < -0.3 is 10.6 Å². The highest BCUT2D eigenvalue weighted by Crippen LogP contribution is 2.15. The number of amides is 2. The first-order valence-electron chi connectivity index (χ1n) is 8.87. The second-order valence-electron chi connectivity index (χ2n) is 6.32. The third-order valence-electron chi connectivity index (χ3n) is 4.35. The summed E-state index contributed by atoms with van der Waals surface area (Å²) in [6, 6.07) is 17.7. The minimum Gasteiger partial charge on any atom is -0.331 e. The van der Waals surface area contributed by atoms with Gasteiger partial charge in [0.15, 0.2) is 0 Å². The van der Waals surface area contributed by atoms with Crippen LogP contribution in [0.3, 0.4) is 0 Å². The molecule has 0 radical (unpaired) electrons. The monoisotopic (exact) mass is 348 g/mol. The summed E-state index contributed by atoms with van der Waals surface area (Å²) < 4.78 is 1.86. The van der Waals surface area contributed by atoms with Crippen LogP contribution < -0.4 is 10.6 Å². The van der Waals surface area contributed by atoms with E-state index in [-0.39, 0.29) is 12.1 Å². The number of benzene rings is 2. The molecule has 1 atom stereocenters. The Bertz CT molecular complexity index is 823. The van der Waals surface area contributed by atoms with Crippen molar-refractivity contribution in [2.45, 2.75) is 32.9 Å². The summed E-state index contributed by atoms with van der Waals surface area (Å²) in [5.41, 5.74) is 4.27. The molecule has 26 heavy (non-hydrogen) atoms. The van der Waals surface area contributed by atoms with E-state index in [1.165, 1.54) is 5.56 Å². The zero-order valence-electron chi connectivity index (χ0n) is 15.1. The van der Waals surface area contributed by atoms with E-state index in [4.69, 9.17) is 0 Å². The Labute approximate surface area is 154 Å². The normalized spacial score (nSPS) is 11.8. The molecule has 0 saturated carbocycles. The Morgan fingerprint density at radius 3 is 2.38 bits per heavy atom. The highest BCUT2D eigenvalue weighted by atomic mass is 16.2. The summed E-state index contributed by atoms with van der Waals surface area (Å²) >= 11 is 0. The second-order valence-corrected chi connectivity index (χ2v) is 6.32. The Morgan fingerprint density at radius 1 is 1.08 bits per heavy atom. The summed E-state index contributed by atoms with van der Waals surface area (Å²) in [5.74, 6) is 0. The van der Waals surface area contributed by atoms with Gasteiger partial charge in [-0.1, -0.05) is 43.3 Å². The number of rotatable bonds is 6. The molecule has 3 aromatic rings. The molecule has 2 N–H and O–H groups in total. The molecule has 0 saturated heterocycles. The highest BCUT2D eigenvalue weighted by molar-refractivity contribution is 5.89. The molecule has 0 spiro atoms. The largest absolute Gasteiger partial charge is 0.331 e. The fraction of sp³-hybridized carbons (Fsp3) is 0.238. The van der Waals surface area contributed by atoms with Crippen LogP contribution in [0.5, 0.6) is 0 Å². The number of urea groups is 1. The highest BCUT2D eigenvalue weighted by Gasteiger charge is 2.09. The number of hydrogen-bond donors (Lipinski definition) is 2. The first kappa shape index (κ1) is 17.7. The summed E-state index contributed by atoms with van der Waals surface area (Å²) in [4.78, 5) is 12.2. The summed E-state index contributed by atoms with van der Waals surface area (Å²) in [6.45, 7) is 4.82. The molecule has 2 aromatic carbocycles. The summed E-state index contributed by atoms with van der Waals surface area (Å²) in [5, 5.41) is 10.0. The van der Waals surface area contributed by atoms with Crippen LogP contribution in [0.2, 0.25) is 0 Å². The van der Waals surface area contributed by atoms with Gasteiger partial charge in [0.25, 0.3) is 0 Å². The van der Waals surface area contributed by atoms with Gasteiger partial charge in [0.05, 0.1) is 12.6 Å². The summed E-state index contributed by atoms with van der Waals surface area (Å²) in [6.07, 6.45) is 4.70. The predicted octanol–water partition coefficient (Wildman–Crippen LogP) is 4.38. The maximum atomic E-state index is 12.2. The number of nitrogens with one attached hydrogen (secondary N) is 2. The quantitative estimate of drug-likeness (QED) is 0.695. The van der Waals surface area contributed by atoms with Crippen molar-refractivity contribution in [3.05, 3.63) is 83.7 Å². The van der Waals surface area contributed by atoms with Gasteiger partial charge in [0.1, 0.15) is 0 Å². The smallest absolute Gasteiger partial charge is 0.319 e. The first-order valence-corrected chi connectivity index (χ1v) is 8.87. The molecule has 0 aliphatic rings. The summed E-state index contributed by atoms with van der Waals surface area (Å²) in [7, 11) is 0. The fourth-order valence-corrected chi connectivity index (χ4v) is 2.76. The maximum Gasteiger partial charge on any atom is 0.319 e. The van der Waals surface area contributed by atoms with Gasteiger partial charge >= 0.3 is 6.03 Å². The van der Waals surface area contributed by atoms with E-state index < -0.39 is 0 Å². The molecule has 2 amide bonds. The van der Waals surface area contributed by atoms with Gasteiger partial charge in [-0.3, -0.25) is 4.68 Å². The van der Waals surface area contributed by atoms with Crippen molar-refractivity contribution in [3.8, 4) is 0 Å². The lowest BCUT2D eigenvalue weighted by Crippen LogP contribution is -2.31. The average molecular weight is 348 g/mol. The number of carbonyl (C=O) groups is 1. The van der Waals surface area contributed by atoms with Crippen LogP contribution in [0.15, 0.2) is 67.0 Å². The van der Waals surface area contributed by atoms with Gasteiger partial charge in [0, 0.05) is 18.1 Å². The van der Waals surface area contributed by atoms with Crippen molar-refractivity contribution in [2.75, 3.05) is 5.32 Å². The zero-order valence-corrected chi connectivity index (χ0v) is 15.1. The SMILES string of the molecule is CCc1ccc(C(C)NC(=O)Nc2ccc(Cn3cccn3)cc2)cc1. The maximum absolute atomic E-state index is 12.2. The number of hydrogen-bond acceptors (Lipinski definition) is 2. The Morgan fingerprint density at radius 2 is 1.77 bits per heavy atom. The van der Waals surface area contributed by atoms with Crippen molar-refractivity contribution in [1.29, 1.82) is 0 Å². The molecule has 1 aromatic heterocycles. The molecule has 5 nitrogen and oxygen atoms in total. The van der Waals surface area contributed by atoms with Crippen LogP contribution in [0.4, 0.5) is 10.5 Å². The first-order chi connectivity index (χ1) is 12.6. The lowest BCUT2D eigenvalue weighted by molar-refractivity contribution is 0.249. The third kappa shape index (κ3) is 4.72. The van der Waals surface area contributed by atoms with Crippen molar-refractivity contribution >= 4 is 11.7 Å². The Hall–Kier alpha value is -3.08. The van der Waals surface area contributed by atoms with E-state index in [2.05, 4.69) is 46.9 Å². The van der Waals surface area contributed by atoms with E-state index in [1.807, 2.05) is 48.1 Å². The van der Waals surface area contributed by atoms with Crippen LogP contribution in [0, 0.1) is 0 Å². The molecule has 1 heterocycles. The molecular weight excluding hydrogens is 324 g/mol. The molecule has 0 fully saturated rings. The van der Waals surface area contributed by atoms with Gasteiger partial charge in [0.2, 0.25) is 0 Å². The molecule has 0 bridgehead atoms. The molecule has 0 aliphatic carbocycles. The Kier molecular flexibility index (Phi) is 5.69. The standard InChI is InChI=1S/C21H24N4O/c1-3-17-5-9-19(10-6-17)16(2)23-21(26)24-20-11-7-18(8-12-20)15-25-14-4-13-22-25/h4-14,16H,3,15H2,1-2H3,(H2,23,24,26). The number of nitrogens with zero attached hydrogens (tertiary/aromatic N) is 2. The predicted molar refractivity (Wildman–Crippen MR) is 104 cm³/mol. The van der Waals surface area contributed by atoms with Crippen LogP contribution in [-0.4, -0.2) is 15.8 Å². The molecule has 134 valence electrons. The average Bonchev–Trinajstić information content (AvgIpc) is 3.16. The molecule has 5 heteroatoms. The van der Waals surface area contributed by atoms with Gasteiger partial charge in [-0.2, -0.15) is 5.10 Å². The van der Waals surface area contributed by atoms with Crippen molar-refractivity contribution < 1.29 is 4.79 Å². The van der Waals surface area contributed by atoms with Crippen molar-refractivity contribution in [3.63, 3.8) is 0 Å². The van der Waals surface area contributed by atoms with Crippen LogP contribution in [0.25, 0.3) is 0 Å². The minimum atomic E-state index is -0.211. The number of carbonyl (C=O) groups excluding carboxylic acids is 1. The number of aryl methyl sites for hydroxylation is 1. The van der Waals surface area contributed by atoms with Gasteiger partial charge in [-0.15, -0.1) is 0 Å². The molecular formula is C21H24N4O. The van der Waals surface area contributed by atoms with Gasteiger partial charge in [-0.05, 0) is 48.2 Å².